The van der Waals surface area contributed by atoms with Gasteiger partial charge in [0.05, 0.1) is 0 Å². The van der Waals surface area contributed by atoms with Crippen molar-refractivity contribution in [2.24, 2.45) is 0 Å². The minimum Gasteiger partial charge on any atom is -0.0624 e. The maximum atomic E-state index is 2.43. The van der Waals surface area contributed by atoms with Crippen LogP contribution in [0.1, 0.15) is 17.5 Å². The van der Waals surface area contributed by atoms with Crippen LogP contribution < -0.4 is 15.6 Å². The van der Waals surface area contributed by atoms with Crippen molar-refractivity contribution < 1.29 is 0 Å². The third-order valence-corrected chi connectivity index (χ3v) is 10.4. The van der Waals surface area contributed by atoms with Gasteiger partial charge in [-0.05, 0) is 40.5 Å². The summed E-state index contributed by atoms with van der Waals surface area (Å²) in [5, 5.41) is 4.73. The summed E-state index contributed by atoms with van der Waals surface area (Å²) in [4.78, 5) is 0. The molecule has 4 rings (SSSR count). The van der Waals surface area contributed by atoms with Crippen LogP contribution in [0.15, 0.2) is 78.9 Å². The highest BCUT2D eigenvalue weighted by atomic mass is 28.3. The molecule has 3 aromatic carbocycles. The van der Waals surface area contributed by atoms with Crippen molar-refractivity contribution in [3.8, 4) is 0 Å². The lowest BCUT2D eigenvalue weighted by molar-refractivity contribution is 0.893. The van der Waals surface area contributed by atoms with Crippen molar-refractivity contribution in [3.63, 3.8) is 0 Å². The summed E-state index contributed by atoms with van der Waals surface area (Å²) >= 11 is 0. The van der Waals surface area contributed by atoms with E-state index >= 15 is 0 Å². The number of benzene rings is 3. The van der Waals surface area contributed by atoms with Crippen LogP contribution in [-0.2, 0) is 6.42 Å². The molecule has 0 nitrogen and oxygen atoms in total. The Morgan fingerprint density at radius 1 is 0.739 bits per heavy atom. The number of aryl methyl sites for hydroxylation is 2. The molecule has 0 N–H and O–H groups in total. The van der Waals surface area contributed by atoms with Crippen molar-refractivity contribution in [2.75, 3.05) is 0 Å². The Bertz CT molecular complexity index is 766. The van der Waals surface area contributed by atoms with Crippen molar-refractivity contribution in [1.82, 2.24) is 0 Å². The highest BCUT2D eigenvalue weighted by Crippen LogP contribution is 2.24. The molecule has 3 aromatic rings. The highest BCUT2D eigenvalue weighted by molar-refractivity contribution is 7.11. The fourth-order valence-corrected chi connectivity index (χ4v) is 9.38. The number of fused-ring (bicyclic) bond motifs is 1. The van der Waals surface area contributed by atoms with Crippen molar-refractivity contribution in [2.45, 2.75) is 25.8 Å². The Morgan fingerprint density at radius 2 is 1.35 bits per heavy atom. The van der Waals surface area contributed by atoms with Crippen LogP contribution in [0.4, 0.5) is 0 Å². The fourth-order valence-electron chi connectivity index (χ4n) is 4.24. The summed E-state index contributed by atoms with van der Waals surface area (Å²) in [7, 11) is -1.88. The maximum absolute atomic E-state index is 2.43. The molecule has 0 saturated heterocycles. The number of hydrogen-bond donors (Lipinski definition) is 0. The first-order valence-electron chi connectivity index (χ1n) is 8.52. The lowest BCUT2D eigenvalue weighted by Gasteiger charge is -2.38. The predicted molar refractivity (Wildman–Crippen MR) is 102 cm³/mol. The molecular weight excluding hydrogens is 292 g/mol. The van der Waals surface area contributed by atoms with Gasteiger partial charge in [0.25, 0.3) is 0 Å². The van der Waals surface area contributed by atoms with Crippen LogP contribution in [0.3, 0.4) is 0 Å². The molecule has 0 aromatic heterocycles. The lowest BCUT2D eigenvalue weighted by atomic mass is 10.1. The molecule has 0 unspecified atom stereocenters. The van der Waals surface area contributed by atoms with Gasteiger partial charge in [0.1, 0.15) is 8.07 Å². The molecule has 0 amide bonds. The van der Waals surface area contributed by atoms with Crippen molar-refractivity contribution >= 4 is 23.6 Å². The smallest absolute Gasteiger partial charge is 0.0624 e. The van der Waals surface area contributed by atoms with Crippen LogP contribution in [0.5, 0.6) is 0 Å². The molecule has 1 aliphatic heterocycles. The van der Waals surface area contributed by atoms with Gasteiger partial charge in [0.15, 0.2) is 0 Å². The minimum absolute atomic E-state index is 1.23. The molecule has 0 saturated carbocycles. The van der Waals surface area contributed by atoms with E-state index < -0.39 is 8.07 Å². The van der Waals surface area contributed by atoms with Gasteiger partial charge in [0, 0.05) is 0 Å². The van der Waals surface area contributed by atoms with Gasteiger partial charge in [-0.2, -0.15) is 0 Å². The van der Waals surface area contributed by atoms with Gasteiger partial charge in [-0.1, -0.05) is 90.8 Å². The van der Waals surface area contributed by atoms with E-state index in [1.807, 2.05) is 0 Å². The largest absolute Gasteiger partial charge is 0.148 e. The average molecular weight is 315 g/mol. The quantitative estimate of drug-likeness (QED) is 0.636. The zero-order valence-electron chi connectivity index (χ0n) is 13.6. The average Bonchev–Trinajstić information content (AvgIpc) is 2.62. The van der Waals surface area contributed by atoms with E-state index in [1.165, 1.54) is 24.4 Å². The molecule has 1 aliphatic rings. The molecule has 0 aliphatic carbocycles. The Labute approximate surface area is 139 Å². The first kappa shape index (κ1) is 14.5. The van der Waals surface area contributed by atoms with Gasteiger partial charge in [0.2, 0.25) is 0 Å². The van der Waals surface area contributed by atoms with E-state index in [-0.39, 0.29) is 0 Å². The number of rotatable bonds is 2. The van der Waals surface area contributed by atoms with Gasteiger partial charge >= 0.3 is 0 Å². The van der Waals surface area contributed by atoms with Crippen LogP contribution in [0.2, 0.25) is 6.04 Å². The molecule has 0 spiro atoms. The summed E-state index contributed by atoms with van der Waals surface area (Å²) in [6.07, 6.45) is 2.53. The minimum atomic E-state index is -1.88. The molecule has 0 bridgehead atoms. The summed E-state index contributed by atoms with van der Waals surface area (Å²) in [5.41, 5.74) is 2.96. The van der Waals surface area contributed by atoms with Gasteiger partial charge in [-0.3, -0.25) is 0 Å². The van der Waals surface area contributed by atoms with E-state index in [9.17, 15) is 0 Å². The van der Waals surface area contributed by atoms with E-state index in [4.69, 9.17) is 0 Å². The molecule has 0 fully saturated rings. The predicted octanol–water partition coefficient (Wildman–Crippen LogP) is 3.41. The Kier molecular flexibility index (Phi) is 3.66. The number of hydrogen-bond acceptors (Lipinski definition) is 0. The van der Waals surface area contributed by atoms with Crippen LogP contribution in [0, 0.1) is 6.92 Å². The maximum Gasteiger partial charge on any atom is 0.148 e. The summed E-state index contributed by atoms with van der Waals surface area (Å²) in [6.45, 7) is 2.21. The van der Waals surface area contributed by atoms with Gasteiger partial charge < -0.3 is 0 Å². The van der Waals surface area contributed by atoms with E-state index in [2.05, 4.69) is 85.8 Å². The standard InChI is InChI=1S/C22H22Si/c1-18-14-15-22-19(17-18)9-8-16-23(22,20-10-4-2-5-11-20)21-12-6-3-7-13-21/h2-7,10-15,17H,8-9,16H2,1H3. The molecule has 1 heteroatoms. The molecule has 0 atom stereocenters. The van der Waals surface area contributed by atoms with Gasteiger partial charge in [-0.15, -0.1) is 0 Å². The van der Waals surface area contributed by atoms with Crippen molar-refractivity contribution in [1.29, 1.82) is 0 Å². The first-order chi connectivity index (χ1) is 11.3. The van der Waals surface area contributed by atoms with Crippen LogP contribution in [0.25, 0.3) is 0 Å². The Hall–Kier alpha value is -2.12. The van der Waals surface area contributed by atoms with E-state index in [0.29, 0.717) is 0 Å². The van der Waals surface area contributed by atoms with Crippen LogP contribution >= 0.6 is 0 Å². The fraction of sp³-hybridized carbons (Fsp3) is 0.182. The molecule has 1 heterocycles. The molecule has 23 heavy (non-hydrogen) atoms. The normalized spacial score (nSPS) is 15.9. The third-order valence-electron chi connectivity index (χ3n) is 5.25. The molecular formula is C22H22Si. The molecule has 114 valence electrons. The highest BCUT2D eigenvalue weighted by Gasteiger charge is 2.42. The van der Waals surface area contributed by atoms with E-state index in [1.54, 1.807) is 21.1 Å². The second-order valence-corrected chi connectivity index (χ2v) is 10.7. The Morgan fingerprint density at radius 3 is 1.96 bits per heavy atom. The molecule has 0 radical (unpaired) electrons. The third kappa shape index (κ3) is 2.36. The second kappa shape index (κ2) is 5.82. The monoisotopic (exact) mass is 314 g/mol. The zero-order valence-corrected chi connectivity index (χ0v) is 14.6. The first-order valence-corrected chi connectivity index (χ1v) is 10.7. The van der Waals surface area contributed by atoms with Gasteiger partial charge in [-0.25, -0.2) is 0 Å². The zero-order chi connectivity index (χ0) is 15.7. The SMILES string of the molecule is Cc1ccc2c(c1)CCC[Si]2(c1ccccc1)c1ccccc1. The summed E-state index contributed by atoms with van der Waals surface area (Å²) in [5.74, 6) is 0. The topological polar surface area (TPSA) is 0 Å². The van der Waals surface area contributed by atoms with E-state index in [0.717, 1.165) is 0 Å². The second-order valence-electron chi connectivity index (χ2n) is 6.65. The summed E-state index contributed by atoms with van der Waals surface area (Å²) < 4.78 is 0. The summed E-state index contributed by atoms with van der Waals surface area (Å²) in [6, 6.07) is 31.0. The Balaban J connectivity index is 2.03. The lowest BCUT2D eigenvalue weighted by Crippen LogP contribution is -2.69. The van der Waals surface area contributed by atoms with Crippen molar-refractivity contribution in [3.05, 3.63) is 90.0 Å². The van der Waals surface area contributed by atoms with Crippen LogP contribution in [-0.4, -0.2) is 8.07 Å².